The molecule has 5 aromatic rings. The largest absolute Gasteiger partial charge is 0.405 e. The molecule has 0 atom stereocenters. The summed E-state index contributed by atoms with van der Waals surface area (Å²) in [5.74, 6) is 0. The van der Waals surface area contributed by atoms with Crippen LogP contribution in [-0.2, 0) is 5.41 Å². The van der Waals surface area contributed by atoms with Gasteiger partial charge in [-0.25, -0.2) is 0 Å². The molecule has 0 saturated heterocycles. The molecule has 48 heavy (non-hydrogen) atoms. The monoisotopic (exact) mass is 630 g/mol. The predicted molar refractivity (Wildman–Crippen MR) is 216 cm³/mol. The number of benzene rings is 5. The standard InChI is InChI=1S/C44H44N2.C2H6/c1-6-38-39(7-2)43(41-18-14-13-17-40(41)42(38)31-23-25-37(26-24-31)44(3,4)5)35-22-21-32-28-34(20-19-33(32)29-35)36(30-46)16-12-10-8-9-11-15-27-45;1-2/h6-7,9,11-30H,1-2,8,10,45-46H2,3-5H3;1-2H3/b11-9-,16-12-,27-15-,36-30+;. The van der Waals surface area contributed by atoms with E-state index < -0.39 is 0 Å². The van der Waals surface area contributed by atoms with Crippen LogP contribution < -0.4 is 11.5 Å². The molecule has 0 spiro atoms. The van der Waals surface area contributed by atoms with E-state index in [-0.39, 0.29) is 5.41 Å². The highest BCUT2D eigenvalue weighted by molar-refractivity contribution is 6.12. The maximum atomic E-state index is 6.05. The molecule has 0 saturated carbocycles. The third kappa shape index (κ3) is 7.78. The first-order chi connectivity index (χ1) is 23.3. The molecule has 5 rings (SSSR count). The summed E-state index contributed by atoms with van der Waals surface area (Å²) in [5.41, 5.74) is 21.8. The van der Waals surface area contributed by atoms with E-state index in [2.05, 4.69) is 137 Å². The molecule has 2 heteroatoms. The van der Waals surface area contributed by atoms with Crippen molar-refractivity contribution in [2.24, 2.45) is 11.5 Å². The summed E-state index contributed by atoms with van der Waals surface area (Å²) < 4.78 is 0. The van der Waals surface area contributed by atoms with Gasteiger partial charge in [0.05, 0.1) is 0 Å². The van der Waals surface area contributed by atoms with Gasteiger partial charge in [0.1, 0.15) is 0 Å². The second-order valence-corrected chi connectivity index (χ2v) is 12.6. The van der Waals surface area contributed by atoms with Gasteiger partial charge in [-0.15, -0.1) is 0 Å². The molecule has 0 heterocycles. The summed E-state index contributed by atoms with van der Waals surface area (Å²) in [4.78, 5) is 0. The molecule has 4 N–H and O–H groups in total. The van der Waals surface area contributed by atoms with Crippen molar-refractivity contribution in [3.8, 4) is 22.3 Å². The SMILES string of the molecule is C=Cc1c(C=C)c(-c2ccc3cc(C(/C=C\CC/C=C\C=C/N)=C/N)ccc3c2)c2ccccc2c1-c1ccc(C(C)(C)C)cc1.CC. The number of allylic oxidation sites excluding steroid dienone is 6. The highest BCUT2D eigenvalue weighted by atomic mass is 14.5. The fourth-order valence-corrected chi connectivity index (χ4v) is 6.13. The lowest BCUT2D eigenvalue weighted by Gasteiger charge is -2.22. The zero-order valence-corrected chi connectivity index (χ0v) is 29.3. The van der Waals surface area contributed by atoms with Crippen molar-refractivity contribution >= 4 is 39.3 Å². The first-order valence-electron chi connectivity index (χ1n) is 16.9. The van der Waals surface area contributed by atoms with Crippen LogP contribution in [0.2, 0.25) is 0 Å². The number of unbranched alkanes of at least 4 members (excludes halogenated alkanes) is 1. The minimum absolute atomic E-state index is 0.0913. The second-order valence-electron chi connectivity index (χ2n) is 12.6. The summed E-state index contributed by atoms with van der Waals surface area (Å²) in [5, 5.41) is 4.73. The van der Waals surface area contributed by atoms with E-state index >= 15 is 0 Å². The number of nitrogens with two attached hydrogens (primary N) is 2. The molecule has 0 aliphatic rings. The van der Waals surface area contributed by atoms with Crippen molar-refractivity contribution in [3.63, 3.8) is 0 Å². The Morgan fingerprint density at radius 1 is 0.667 bits per heavy atom. The highest BCUT2D eigenvalue weighted by Crippen LogP contribution is 2.44. The smallest absolute Gasteiger partial charge is 0.00174 e. The first kappa shape index (κ1) is 35.5. The average molecular weight is 631 g/mol. The Bertz CT molecular complexity index is 2010. The van der Waals surface area contributed by atoms with E-state index in [4.69, 9.17) is 11.5 Å². The summed E-state index contributed by atoms with van der Waals surface area (Å²) >= 11 is 0. The van der Waals surface area contributed by atoms with Crippen LogP contribution in [0, 0.1) is 0 Å². The van der Waals surface area contributed by atoms with Crippen LogP contribution in [0.15, 0.2) is 141 Å². The zero-order valence-electron chi connectivity index (χ0n) is 29.3. The van der Waals surface area contributed by atoms with Gasteiger partial charge in [-0.2, -0.15) is 0 Å². The Morgan fingerprint density at radius 2 is 1.23 bits per heavy atom. The quantitative estimate of drug-likeness (QED) is 0.119. The number of fused-ring (bicyclic) bond motifs is 2. The molecule has 5 aromatic carbocycles. The molecular weight excluding hydrogens is 581 g/mol. The fourth-order valence-electron chi connectivity index (χ4n) is 6.13. The highest BCUT2D eigenvalue weighted by Gasteiger charge is 2.20. The summed E-state index contributed by atoms with van der Waals surface area (Å²) in [6.07, 6.45) is 19.2. The number of rotatable bonds is 10. The van der Waals surface area contributed by atoms with Gasteiger partial charge in [-0.1, -0.05) is 157 Å². The summed E-state index contributed by atoms with van der Waals surface area (Å²) in [6.45, 7) is 19.3. The van der Waals surface area contributed by atoms with E-state index in [1.165, 1.54) is 44.6 Å². The Kier molecular flexibility index (Phi) is 12.2. The van der Waals surface area contributed by atoms with Crippen molar-refractivity contribution in [3.05, 3.63) is 163 Å². The fraction of sp³-hybridized carbons (Fsp3) is 0.174. The van der Waals surface area contributed by atoms with E-state index in [0.717, 1.165) is 46.1 Å². The van der Waals surface area contributed by atoms with Crippen molar-refractivity contribution in [1.82, 2.24) is 0 Å². The van der Waals surface area contributed by atoms with Crippen molar-refractivity contribution in [2.45, 2.75) is 52.9 Å². The average Bonchev–Trinajstić information content (AvgIpc) is 3.11. The third-order valence-corrected chi connectivity index (χ3v) is 8.54. The van der Waals surface area contributed by atoms with Gasteiger partial charge in [0.2, 0.25) is 0 Å². The molecule has 244 valence electrons. The van der Waals surface area contributed by atoms with Gasteiger partial charge in [-0.05, 0) is 114 Å². The third-order valence-electron chi connectivity index (χ3n) is 8.54. The van der Waals surface area contributed by atoms with Crippen LogP contribution in [0.3, 0.4) is 0 Å². The molecule has 0 aliphatic carbocycles. The van der Waals surface area contributed by atoms with Crippen molar-refractivity contribution in [2.75, 3.05) is 0 Å². The maximum Gasteiger partial charge on any atom is 0.00174 e. The van der Waals surface area contributed by atoms with Gasteiger partial charge < -0.3 is 11.5 Å². The van der Waals surface area contributed by atoms with Gasteiger partial charge in [-0.3, -0.25) is 0 Å². The van der Waals surface area contributed by atoms with Gasteiger partial charge >= 0.3 is 0 Å². The van der Waals surface area contributed by atoms with E-state index in [9.17, 15) is 0 Å². The Labute approximate surface area is 288 Å². The van der Waals surface area contributed by atoms with Gasteiger partial charge in [0.15, 0.2) is 0 Å². The van der Waals surface area contributed by atoms with Crippen molar-refractivity contribution < 1.29 is 0 Å². The minimum atomic E-state index is 0.0913. The predicted octanol–water partition coefficient (Wildman–Crippen LogP) is 12.6. The molecule has 0 unspecified atom stereocenters. The number of hydrogen-bond acceptors (Lipinski definition) is 2. The molecule has 0 aliphatic heterocycles. The van der Waals surface area contributed by atoms with E-state index in [1.54, 1.807) is 6.20 Å². The summed E-state index contributed by atoms with van der Waals surface area (Å²) in [6, 6.07) is 30.9. The van der Waals surface area contributed by atoms with Gasteiger partial charge in [0.25, 0.3) is 0 Å². The Morgan fingerprint density at radius 3 is 1.81 bits per heavy atom. The molecule has 0 radical (unpaired) electrons. The number of hydrogen-bond donors (Lipinski definition) is 2. The first-order valence-corrected chi connectivity index (χ1v) is 16.9. The van der Waals surface area contributed by atoms with Crippen LogP contribution in [0.5, 0.6) is 0 Å². The molecule has 2 nitrogen and oxygen atoms in total. The lowest BCUT2D eigenvalue weighted by atomic mass is 9.82. The van der Waals surface area contributed by atoms with Crippen LogP contribution in [0.4, 0.5) is 0 Å². The molecule has 0 fully saturated rings. The van der Waals surface area contributed by atoms with Gasteiger partial charge in [0, 0.05) is 6.20 Å². The van der Waals surface area contributed by atoms with E-state index in [0.29, 0.717) is 0 Å². The van der Waals surface area contributed by atoms with Crippen LogP contribution in [0.1, 0.15) is 69.7 Å². The van der Waals surface area contributed by atoms with Crippen LogP contribution >= 0.6 is 0 Å². The lowest BCUT2D eigenvalue weighted by Crippen LogP contribution is -2.10. The maximum absolute atomic E-state index is 6.05. The molecule has 0 bridgehead atoms. The lowest BCUT2D eigenvalue weighted by molar-refractivity contribution is 0.590. The minimum Gasteiger partial charge on any atom is -0.405 e. The topological polar surface area (TPSA) is 52.0 Å². The second kappa shape index (κ2) is 16.5. The normalized spacial score (nSPS) is 12.2. The molecule has 0 aromatic heterocycles. The van der Waals surface area contributed by atoms with Crippen molar-refractivity contribution in [1.29, 1.82) is 0 Å². The Hall–Kier alpha value is -5.34. The van der Waals surface area contributed by atoms with Crippen LogP contribution in [0.25, 0.3) is 61.5 Å². The zero-order chi connectivity index (χ0) is 34.7. The summed E-state index contributed by atoms with van der Waals surface area (Å²) in [7, 11) is 0. The molecule has 0 amide bonds. The van der Waals surface area contributed by atoms with E-state index in [1.807, 2.05) is 38.2 Å². The Balaban J connectivity index is 0.00000255. The molecular formula is C46H50N2. The van der Waals surface area contributed by atoms with Crippen LogP contribution in [-0.4, -0.2) is 0 Å².